The van der Waals surface area contributed by atoms with E-state index >= 15 is 0 Å². The van der Waals surface area contributed by atoms with Crippen LogP contribution in [0.5, 0.6) is 5.75 Å². The van der Waals surface area contributed by atoms with E-state index in [1.807, 2.05) is 13.8 Å². The molecule has 28 heavy (non-hydrogen) atoms. The molecule has 0 saturated heterocycles. The van der Waals surface area contributed by atoms with E-state index in [1.165, 1.54) is 22.9 Å². The molecule has 3 aromatic rings. The average molecular weight is 384 g/mol. The number of hydrogen-bond donors (Lipinski definition) is 1. The second-order valence-corrected chi connectivity index (χ2v) is 7.05. The lowest BCUT2D eigenvalue weighted by molar-refractivity contribution is 0.434. The highest BCUT2D eigenvalue weighted by Gasteiger charge is 2.21. The maximum absolute atomic E-state index is 13.9. The zero-order chi connectivity index (χ0) is 20.4. The zero-order valence-electron chi connectivity index (χ0n) is 16.0. The summed E-state index contributed by atoms with van der Waals surface area (Å²) in [6, 6.07) is 10.2. The van der Waals surface area contributed by atoms with Crippen molar-refractivity contribution in [1.29, 1.82) is 0 Å². The fourth-order valence-electron chi connectivity index (χ4n) is 3.34. The Labute approximate surface area is 162 Å². The molecule has 3 rings (SSSR count). The summed E-state index contributed by atoms with van der Waals surface area (Å²) in [7, 11) is 0. The molecule has 0 aliphatic heterocycles. The van der Waals surface area contributed by atoms with Crippen molar-refractivity contribution in [2.45, 2.75) is 39.7 Å². The van der Waals surface area contributed by atoms with Crippen LogP contribution in [0, 0.1) is 18.6 Å². The van der Waals surface area contributed by atoms with Gasteiger partial charge in [-0.15, -0.1) is 0 Å². The highest BCUT2D eigenvalue weighted by molar-refractivity contribution is 5.74. The van der Waals surface area contributed by atoms with Crippen LogP contribution in [0.3, 0.4) is 0 Å². The van der Waals surface area contributed by atoms with Gasteiger partial charge in [-0.1, -0.05) is 24.3 Å². The van der Waals surface area contributed by atoms with Gasteiger partial charge in [0.1, 0.15) is 5.82 Å². The smallest absolute Gasteiger partial charge is 0.270 e. The maximum atomic E-state index is 13.9. The minimum Gasteiger partial charge on any atom is -0.504 e. The summed E-state index contributed by atoms with van der Waals surface area (Å²) in [5.74, 6) is -1.62. The first-order valence-corrected chi connectivity index (χ1v) is 9.14. The lowest BCUT2D eigenvalue weighted by atomic mass is 9.94. The van der Waals surface area contributed by atoms with Gasteiger partial charge < -0.3 is 5.11 Å². The number of aromatic hydroxyl groups is 1. The number of halogens is 2. The molecule has 0 aliphatic carbocycles. The minimum atomic E-state index is -0.763. The van der Waals surface area contributed by atoms with Crippen molar-refractivity contribution < 1.29 is 13.9 Å². The molecular weight excluding hydrogens is 362 g/mol. The van der Waals surface area contributed by atoms with Gasteiger partial charge in [0.2, 0.25) is 0 Å². The van der Waals surface area contributed by atoms with Crippen molar-refractivity contribution in [2.75, 3.05) is 0 Å². The number of aromatic nitrogens is 2. The first kappa shape index (κ1) is 19.7. The van der Waals surface area contributed by atoms with Crippen LogP contribution >= 0.6 is 0 Å². The Bertz CT molecular complexity index is 1070. The van der Waals surface area contributed by atoms with E-state index in [-0.39, 0.29) is 23.0 Å². The van der Waals surface area contributed by atoms with Gasteiger partial charge in [-0.2, -0.15) is 5.10 Å². The number of benzene rings is 2. The van der Waals surface area contributed by atoms with Crippen molar-refractivity contribution in [2.24, 2.45) is 0 Å². The summed E-state index contributed by atoms with van der Waals surface area (Å²) >= 11 is 0. The molecule has 1 heterocycles. The van der Waals surface area contributed by atoms with Crippen LogP contribution < -0.4 is 5.56 Å². The highest BCUT2D eigenvalue weighted by atomic mass is 19.1. The van der Waals surface area contributed by atoms with Crippen molar-refractivity contribution in [3.05, 3.63) is 81.3 Å². The summed E-state index contributed by atoms with van der Waals surface area (Å²) < 4.78 is 28.8. The van der Waals surface area contributed by atoms with E-state index in [2.05, 4.69) is 5.10 Å². The van der Waals surface area contributed by atoms with E-state index < -0.39 is 11.6 Å². The first-order chi connectivity index (χ1) is 13.3. The third-order valence-corrected chi connectivity index (χ3v) is 4.69. The minimum absolute atomic E-state index is 0.158. The predicted molar refractivity (Wildman–Crippen MR) is 104 cm³/mol. The van der Waals surface area contributed by atoms with Gasteiger partial charge in [0, 0.05) is 16.7 Å². The second-order valence-electron chi connectivity index (χ2n) is 7.05. The molecule has 0 atom stereocenters. The molecule has 0 unspecified atom stereocenters. The molecule has 0 aliphatic rings. The van der Waals surface area contributed by atoms with Crippen LogP contribution in [0.15, 0.2) is 47.3 Å². The lowest BCUT2D eigenvalue weighted by Crippen LogP contribution is -2.30. The summed E-state index contributed by atoms with van der Waals surface area (Å²) in [4.78, 5) is 13.1. The fraction of sp³-hybridized carbons (Fsp3) is 0.273. The Hall–Kier alpha value is -3.02. The fourth-order valence-corrected chi connectivity index (χ4v) is 3.34. The largest absolute Gasteiger partial charge is 0.504 e. The Morgan fingerprint density at radius 3 is 2.50 bits per heavy atom. The molecule has 6 heteroatoms. The number of para-hydroxylation sites is 1. The van der Waals surface area contributed by atoms with E-state index in [0.29, 0.717) is 29.7 Å². The van der Waals surface area contributed by atoms with Crippen LogP contribution in [0.4, 0.5) is 8.78 Å². The van der Waals surface area contributed by atoms with E-state index in [0.717, 1.165) is 11.6 Å². The number of aryl methyl sites for hydroxylation is 2. The van der Waals surface area contributed by atoms with Crippen molar-refractivity contribution in [3.63, 3.8) is 0 Å². The molecule has 1 aromatic heterocycles. The maximum Gasteiger partial charge on any atom is 0.270 e. The summed E-state index contributed by atoms with van der Waals surface area (Å²) in [6.45, 7) is 5.43. The third-order valence-electron chi connectivity index (χ3n) is 4.69. The number of nitrogens with zero attached hydrogens (tertiary/aromatic N) is 2. The number of hydrogen-bond acceptors (Lipinski definition) is 3. The molecule has 0 amide bonds. The van der Waals surface area contributed by atoms with Crippen LogP contribution in [0.25, 0.3) is 11.1 Å². The van der Waals surface area contributed by atoms with Crippen LogP contribution in [-0.2, 0) is 12.8 Å². The van der Waals surface area contributed by atoms with E-state index in [1.54, 1.807) is 25.1 Å². The SMILES string of the molecule is Cc1nn(C(C)C)c(=O)c(CCc2cccc(F)c2)c1-c1cccc(F)c1O. The second kappa shape index (κ2) is 7.92. The Kier molecular flexibility index (Phi) is 5.58. The normalized spacial score (nSPS) is 11.2. The molecule has 0 fully saturated rings. The summed E-state index contributed by atoms with van der Waals surface area (Å²) in [5.41, 5.74) is 2.05. The van der Waals surface area contributed by atoms with Gasteiger partial charge in [0.05, 0.1) is 11.7 Å². The molecule has 0 bridgehead atoms. The monoisotopic (exact) mass is 384 g/mol. The summed E-state index contributed by atoms with van der Waals surface area (Å²) in [6.07, 6.45) is 0.737. The Balaban J connectivity index is 2.17. The summed E-state index contributed by atoms with van der Waals surface area (Å²) in [5, 5.41) is 14.6. The lowest BCUT2D eigenvalue weighted by Gasteiger charge is -2.18. The van der Waals surface area contributed by atoms with Gasteiger partial charge in [0.25, 0.3) is 5.56 Å². The van der Waals surface area contributed by atoms with Crippen molar-refractivity contribution in [1.82, 2.24) is 9.78 Å². The van der Waals surface area contributed by atoms with Crippen molar-refractivity contribution in [3.8, 4) is 16.9 Å². The highest BCUT2D eigenvalue weighted by Crippen LogP contribution is 2.34. The molecular formula is C22H22F2N2O2. The standard InChI is InChI=1S/C22H22F2N2O2/c1-13(2)26-22(28)18(11-10-15-6-4-7-16(23)12-15)20(14(3)25-26)17-8-5-9-19(24)21(17)27/h4-9,12-13,27H,10-11H2,1-3H3. The van der Waals surface area contributed by atoms with Gasteiger partial charge in [-0.05, 0) is 57.4 Å². The molecule has 146 valence electrons. The zero-order valence-corrected chi connectivity index (χ0v) is 16.0. The number of phenols is 1. The van der Waals surface area contributed by atoms with Crippen LogP contribution in [-0.4, -0.2) is 14.9 Å². The van der Waals surface area contributed by atoms with Crippen molar-refractivity contribution >= 4 is 0 Å². The topological polar surface area (TPSA) is 55.1 Å². The Morgan fingerprint density at radius 2 is 1.82 bits per heavy atom. The molecule has 0 radical (unpaired) electrons. The van der Waals surface area contributed by atoms with Crippen LogP contribution in [0.1, 0.15) is 36.7 Å². The van der Waals surface area contributed by atoms with Gasteiger partial charge in [-0.25, -0.2) is 13.5 Å². The van der Waals surface area contributed by atoms with Crippen LogP contribution in [0.2, 0.25) is 0 Å². The van der Waals surface area contributed by atoms with E-state index in [4.69, 9.17) is 0 Å². The predicted octanol–water partition coefficient (Wildman–Crippen LogP) is 4.57. The molecule has 0 saturated carbocycles. The third kappa shape index (κ3) is 3.81. The number of phenolic OH excluding ortho intramolecular Hbond substituents is 1. The van der Waals surface area contributed by atoms with E-state index in [9.17, 15) is 18.7 Å². The molecule has 2 aromatic carbocycles. The van der Waals surface area contributed by atoms with Gasteiger partial charge in [0.15, 0.2) is 11.6 Å². The number of rotatable bonds is 5. The quantitative estimate of drug-likeness (QED) is 0.701. The Morgan fingerprint density at radius 1 is 1.11 bits per heavy atom. The molecule has 0 spiro atoms. The van der Waals surface area contributed by atoms with Gasteiger partial charge in [-0.3, -0.25) is 4.79 Å². The van der Waals surface area contributed by atoms with Gasteiger partial charge >= 0.3 is 0 Å². The molecule has 4 nitrogen and oxygen atoms in total. The first-order valence-electron chi connectivity index (χ1n) is 9.14. The molecule has 1 N–H and O–H groups in total. The average Bonchev–Trinajstić information content (AvgIpc) is 2.64.